The van der Waals surface area contributed by atoms with Crippen molar-refractivity contribution in [2.24, 2.45) is 17.6 Å². The summed E-state index contributed by atoms with van der Waals surface area (Å²) in [5, 5.41) is 27.4. The van der Waals surface area contributed by atoms with Gasteiger partial charge < -0.3 is 10.5 Å². The number of ether oxygens (including phenoxy) is 1. The minimum absolute atomic E-state index is 0.0604. The van der Waals surface area contributed by atoms with Crippen molar-refractivity contribution in [1.82, 2.24) is 0 Å². The zero-order chi connectivity index (χ0) is 29.3. The largest absolute Gasteiger partial charge is 0.480 e. The molecule has 0 fully saturated rings. The van der Waals surface area contributed by atoms with Gasteiger partial charge in [0.1, 0.15) is 29.4 Å². The molecule has 210 valence electrons. The van der Waals surface area contributed by atoms with E-state index in [1.54, 1.807) is 32.1 Å². The second-order valence-electron chi connectivity index (χ2n) is 10.8. The molecule has 5 nitrogen and oxygen atoms in total. The first-order valence-corrected chi connectivity index (χ1v) is 14.6. The Morgan fingerprint density at radius 1 is 0.923 bits per heavy atom. The second kappa shape index (κ2) is 18.0. The Morgan fingerprint density at radius 3 is 2.05 bits per heavy atom. The molecule has 0 bridgehead atoms. The first-order valence-electron chi connectivity index (χ1n) is 14.6. The minimum Gasteiger partial charge on any atom is -0.480 e. The number of allylic oxidation sites excluding steroid dienone is 2. The maximum absolute atomic E-state index is 9.40. The lowest BCUT2D eigenvalue weighted by Gasteiger charge is -2.26. The topological polar surface area (TPSA) is 107 Å². The smallest absolute Gasteiger partial charge is 0.172 e. The van der Waals surface area contributed by atoms with Crippen LogP contribution in [-0.2, 0) is 4.74 Å². The van der Waals surface area contributed by atoms with Crippen LogP contribution in [0.2, 0.25) is 0 Å². The van der Waals surface area contributed by atoms with Crippen molar-refractivity contribution < 1.29 is 4.74 Å². The molecule has 1 aromatic rings. The molecule has 1 heterocycles. The fraction of sp³-hybridized carbons (Fsp3) is 0.559. The predicted octanol–water partition coefficient (Wildman–Crippen LogP) is 8.77. The lowest BCUT2D eigenvalue weighted by Crippen LogP contribution is -2.32. The van der Waals surface area contributed by atoms with Gasteiger partial charge in [0.2, 0.25) is 0 Å². The molecule has 0 radical (unpaired) electrons. The predicted molar refractivity (Wildman–Crippen MR) is 161 cm³/mol. The third-order valence-corrected chi connectivity index (χ3v) is 7.51. The van der Waals surface area contributed by atoms with Crippen molar-refractivity contribution >= 4 is 6.08 Å². The van der Waals surface area contributed by atoms with Crippen molar-refractivity contribution in [3.05, 3.63) is 64.4 Å². The minimum atomic E-state index is -0.773. The lowest BCUT2D eigenvalue weighted by atomic mass is 9.83. The van der Waals surface area contributed by atoms with Gasteiger partial charge >= 0.3 is 0 Å². The number of benzene rings is 1. The van der Waals surface area contributed by atoms with Crippen LogP contribution in [0.15, 0.2) is 58.9 Å². The SMILES string of the molecule is CC1(C)OC(=C(C#N)C#N)C(C#N)=C1C=Cc1ccccc1.CCCCC(CC)CC(N)C(CC)CCCC. The Balaban J connectivity index is 0.000000406. The molecule has 1 aliphatic rings. The standard InChI is InChI=1S/C18H13N3O.C16H35N/c1-18(2)16(9-8-13-6-4-3-5-7-13)15(12-21)17(22-18)14(10-19)11-20;1-5-9-11-14(7-3)13-16(17)15(8-4)12-10-6-2/h3-9H,1-2H3;14-16H,5-13,17H2,1-4H3. The van der Waals surface area contributed by atoms with Crippen LogP contribution in [0, 0.1) is 45.8 Å². The van der Waals surface area contributed by atoms with Gasteiger partial charge in [-0.15, -0.1) is 0 Å². The summed E-state index contributed by atoms with van der Waals surface area (Å²) in [4.78, 5) is 0. The maximum atomic E-state index is 9.40. The maximum Gasteiger partial charge on any atom is 0.172 e. The summed E-state index contributed by atoms with van der Waals surface area (Å²) in [6, 6.07) is 15.7. The number of hydrogen-bond donors (Lipinski definition) is 1. The molecule has 2 N–H and O–H groups in total. The van der Waals surface area contributed by atoms with Crippen LogP contribution in [0.4, 0.5) is 0 Å². The van der Waals surface area contributed by atoms with Crippen LogP contribution in [0.3, 0.4) is 0 Å². The van der Waals surface area contributed by atoms with Crippen LogP contribution in [0.25, 0.3) is 6.08 Å². The van der Waals surface area contributed by atoms with E-state index in [-0.39, 0.29) is 16.9 Å². The number of unbranched alkanes of at least 4 members (excludes halogenated alkanes) is 2. The quantitative estimate of drug-likeness (QED) is 0.257. The van der Waals surface area contributed by atoms with Gasteiger partial charge in [0, 0.05) is 11.6 Å². The van der Waals surface area contributed by atoms with Gasteiger partial charge in [0.25, 0.3) is 0 Å². The van der Waals surface area contributed by atoms with Crippen LogP contribution in [0.5, 0.6) is 0 Å². The van der Waals surface area contributed by atoms with Gasteiger partial charge in [0.05, 0.1) is 0 Å². The van der Waals surface area contributed by atoms with E-state index in [4.69, 9.17) is 21.0 Å². The highest BCUT2D eigenvalue weighted by Crippen LogP contribution is 2.40. The van der Waals surface area contributed by atoms with Crippen LogP contribution < -0.4 is 5.73 Å². The lowest BCUT2D eigenvalue weighted by molar-refractivity contribution is 0.0954. The summed E-state index contributed by atoms with van der Waals surface area (Å²) in [5.74, 6) is 1.68. The Bertz CT molecular complexity index is 1080. The van der Waals surface area contributed by atoms with Crippen molar-refractivity contribution in [1.29, 1.82) is 15.8 Å². The molecule has 0 saturated carbocycles. The van der Waals surface area contributed by atoms with Gasteiger partial charge in [-0.25, -0.2) is 0 Å². The summed E-state index contributed by atoms with van der Waals surface area (Å²) in [7, 11) is 0. The first-order chi connectivity index (χ1) is 18.7. The summed E-state index contributed by atoms with van der Waals surface area (Å²) in [5.41, 5.74) is 7.33. The number of nitrogens with zero attached hydrogens (tertiary/aromatic N) is 3. The van der Waals surface area contributed by atoms with E-state index in [1.165, 1.54) is 57.8 Å². The van der Waals surface area contributed by atoms with Gasteiger partial charge in [-0.1, -0.05) is 115 Å². The summed E-state index contributed by atoms with van der Waals surface area (Å²) < 4.78 is 5.68. The second-order valence-corrected chi connectivity index (χ2v) is 10.8. The van der Waals surface area contributed by atoms with Gasteiger partial charge in [-0.2, -0.15) is 15.8 Å². The van der Waals surface area contributed by atoms with Crippen molar-refractivity contribution in [2.45, 2.75) is 111 Å². The average molecular weight is 529 g/mol. The fourth-order valence-corrected chi connectivity index (χ4v) is 4.97. The summed E-state index contributed by atoms with van der Waals surface area (Å²) in [6.07, 6.45) is 15.5. The highest BCUT2D eigenvalue weighted by atomic mass is 16.5. The van der Waals surface area contributed by atoms with Crippen molar-refractivity contribution in [2.75, 3.05) is 0 Å². The Morgan fingerprint density at radius 2 is 1.54 bits per heavy atom. The third kappa shape index (κ3) is 10.8. The van der Waals surface area contributed by atoms with Crippen molar-refractivity contribution in [3.8, 4) is 18.2 Å². The van der Waals surface area contributed by atoms with E-state index >= 15 is 0 Å². The molecule has 3 unspecified atom stereocenters. The Kier molecular flexibility index (Phi) is 15.6. The number of hydrogen-bond acceptors (Lipinski definition) is 5. The van der Waals surface area contributed by atoms with Gasteiger partial charge in [-0.3, -0.25) is 0 Å². The third-order valence-electron chi connectivity index (χ3n) is 7.51. The van der Waals surface area contributed by atoms with Crippen LogP contribution >= 0.6 is 0 Å². The molecule has 1 aromatic carbocycles. The summed E-state index contributed by atoms with van der Waals surface area (Å²) >= 11 is 0. The molecular weight excluding hydrogens is 480 g/mol. The van der Waals surface area contributed by atoms with E-state index in [2.05, 4.69) is 27.7 Å². The first kappa shape index (κ1) is 33.7. The van der Waals surface area contributed by atoms with E-state index in [0.717, 1.165) is 17.4 Å². The molecular formula is C34H48N4O. The van der Waals surface area contributed by atoms with E-state index in [0.29, 0.717) is 11.6 Å². The van der Waals surface area contributed by atoms with Crippen LogP contribution in [0.1, 0.15) is 105 Å². The normalized spacial score (nSPS) is 16.3. The molecule has 0 aliphatic carbocycles. The Hall–Kier alpha value is -3.33. The summed E-state index contributed by atoms with van der Waals surface area (Å²) in [6.45, 7) is 12.8. The molecule has 39 heavy (non-hydrogen) atoms. The van der Waals surface area contributed by atoms with E-state index in [1.807, 2.05) is 42.5 Å². The van der Waals surface area contributed by atoms with Crippen LogP contribution in [-0.4, -0.2) is 11.6 Å². The van der Waals surface area contributed by atoms with E-state index in [9.17, 15) is 5.26 Å². The monoisotopic (exact) mass is 528 g/mol. The molecule has 5 heteroatoms. The molecule has 0 aromatic heterocycles. The fourth-order valence-electron chi connectivity index (χ4n) is 4.97. The van der Waals surface area contributed by atoms with Crippen molar-refractivity contribution in [3.63, 3.8) is 0 Å². The zero-order valence-electron chi connectivity index (χ0n) is 25.0. The molecule has 3 atom stereocenters. The average Bonchev–Trinajstić information content (AvgIpc) is 3.20. The number of nitriles is 3. The number of nitrogens with two attached hydrogens (primary N) is 1. The Labute approximate surface area is 237 Å². The van der Waals surface area contributed by atoms with Gasteiger partial charge in [0.15, 0.2) is 11.3 Å². The molecule has 0 saturated heterocycles. The van der Waals surface area contributed by atoms with Gasteiger partial charge in [-0.05, 0) is 44.1 Å². The highest BCUT2D eigenvalue weighted by Gasteiger charge is 2.38. The zero-order valence-corrected chi connectivity index (χ0v) is 25.0. The molecule has 1 aliphatic heterocycles. The molecule has 0 spiro atoms. The molecule has 2 rings (SSSR count). The van der Waals surface area contributed by atoms with E-state index < -0.39 is 5.60 Å². The number of rotatable bonds is 13. The molecule has 0 amide bonds. The highest BCUT2D eigenvalue weighted by molar-refractivity contribution is 5.64.